The van der Waals surface area contributed by atoms with Gasteiger partial charge in [-0.25, -0.2) is 4.98 Å². The molecule has 0 radical (unpaired) electrons. The normalized spacial score (nSPS) is 21.0. The lowest BCUT2D eigenvalue weighted by atomic mass is 9.80. The Kier molecular flexibility index (Phi) is 7.14. The molecule has 3 aromatic rings. The fourth-order valence-corrected chi connectivity index (χ4v) is 5.40. The summed E-state index contributed by atoms with van der Waals surface area (Å²) in [5, 5.41) is 13.7. The Balaban J connectivity index is 1.77. The number of halogens is 3. The summed E-state index contributed by atoms with van der Waals surface area (Å²) in [6.07, 6.45) is -1.17. The number of aromatic nitrogens is 2. The number of nitrogens with one attached hydrogen (secondary N) is 1. The second kappa shape index (κ2) is 9.84. The molecule has 0 spiro atoms. The Hall–Kier alpha value is -2.94. The van der Waals surface area contributed by atoms with E-state index in [1.807, 2.05) is 12.1 Å². The number of hydrogen-bond donors (Lipinski definition) is 2. The lowest BCUT2D eigenvalue weighted by Gasteiger charge is -2.33. The molecule has 1 heterocycles. The van der Waals surface area contributed by atoms with Crippen molar-refractivity contribution in [2.75, 3.05) is 12.4 Å². The third-order valence-electron chi connectivity index (χ3n) is 6.58. The minimum atomic E-state index is -4.74. The Labute approximate surface area is 209 Å². The standard InChI is InChI=1S/C27H34F3N3O3/c1-16-10-17(2)12-20(11-16)33-23-14-24(35-5)18(15-26(3,4)34)13-22(23)32-25(33)31-19-6-8-21(9-7-19)36-27(28,29)30/h6-9,13-14,16-17,20,34H,10-12,15H2,1-5H3,(H,31,32). The van der Waals surface area contributed by atoms with E-state index in [9.17, 15) is 18.3 Å². The monoisotopic (exact) mass is 505 g/mol. The second-order valence-electron chi connectivity index (χ2n) is 10.7. The van der Waals surface area contributed by atoms with Gasteiger partial charge < -0.3 is 24.5 Å². The molecule has 0 bridgehead atoms. The van der Waals surface area contributed by atoms with E-state index in [-0.39, 0.29) is 11.8 Å². The third-order valence-corrected chi connectivity index (χ3v) is 6.58. The van der Waals surface area contributed by atoms with Crippen molar-refractivity contribution >= 4 is 22.7 Å². The molecular weight excluding hydrogens is 471 g/mol. The number of nitrogens with zero attached hydrogens (tertiary/aromatic N) is 2. The Morgan fingerprint density at radius 2 is 1.69 bits per heavy atom. The van der Waals surface area contributed by atoms with Crippen LogP contribution in [0.3, 0.4) is 0 Å². The quantitative estimate of drug-likeness (QED) is 0.362. The number of ether oxygens (including phenoxy) is 2. The van der Waals surface area contributed by atoms with Gasteiger partial charge in [-0.05, 0) is 80.8 Å². The summed E-state index contributed by atoms with van der Waals surface area (Å²) in [6, 6.07) is 9.75. The van der Waals surface area contributed by atoms with Crippen LogP contribution in [0.2, 0.25) is 0 Å². The van der Waals surface area contributed by atoms with Crippen LogP contribution in [0.5, 0.6) is 11.5 Å². The fraction of sp³-hybridized carbons (Fsp3) is 0.519. The van der Waals surface area contributed by atoms with Crippen molar-refractivity contribution in [3.8, 4) is 11.5 Å². The molecule has 1 aliphatic rings. The summed E-state index contributed by atoms with van der Waals surface area (Å²) in [7, 11) is 1.62. The van der Waals surface area contributed by atoms with Gasteiger partial charge in [0, 0.05) is 24.2 Å². The zero-order valence-electron chi connectivity index (χ0n) is 21.3. The van der Waals surface area contributed by atoms with Crippen molar-refractivity contribution in [2.24, 2.45) is 11.8 Å². The smallest absolute Gasteiger partial charge is 0.496 e. The van der Waals surface area contributed by atoms with Gasteiger partial charge in [0.25, 0.3) is 0 Å². The number of alkyl halides is 3. The number of methoxy groups -OCH3 is 1. The third kappa shape index (κ3) is 6.24. The molecule has 1 fully saturated rings. The highest BCUT2D eigenvalue weighted by molar-refractivity contribution is 5.83. The highest BCUT2D eigenvalue weighted by atomic mass is 19.4. The predicted octanol–water partition coefficient (Wildman–Crippen LogP) is 7.00. The summed E-state index contributed by atoms with van der Waals surface area (Å²) in [4.78, 5) is 4.88. The van der Waals surface area contributed by atoms with Gasteiger partial charge in [0.05, 0.1) is 23.7 Å². The van der Waals surface area contributed by atoms with E-state index in [1.54, 1.807) is 21.0 Å². The number of imidazole rings is 1. The molecule has 1 saturated carbocycles. The van der Waals surface area contributed by atoms with Crippen LogP contribution in [0.25, 0.3) is 11.0 Å². The van der Waals surface area contributed by atoms with Gasteiger partial charge in [0.1, 0.15) is 11.5 Å². The van der Waals surface area contributed by atoms with Crippen molar-refractivity contribution in [1.29, 1.82) is 0 Å². The molecule has 6 nitrogen and oxygen atoms in total. The lowest BCUT2D eigenvalue weighted by Crippen LogP contribution is -2.23. The van der Waals surface area contributed by atoms with Crippen molar-refractivity contribution in [3.63, 3.8) is 0 Å². The van der Waals surface area contributed by atoms with Gasteiger partial charge >= 0.3 is 6.36 Å². The first-order chi connectivity index (χ1) is 16.8. The first-order valence-corrected chi connectivity index (χ1v) is 12.3. The van der Waals surface area contributed by atoms with Gasteiger partial charge in [-0.3, -0.25) is 0 Å². The molecule has 2 unspecified atom stereocenters. The van der Waals surface area contributed by atoms with Crippen LogP contribution >= 0.6 is 0 Å². The minimum Gasteiger partial charge on any atom is -0.496 e. The average molecular weight is 506 g/mol. The molecular formula is C27H34F3N3O3. The highest BCUT2D eigenvalue weighted by Gasteiger charge is 2.31. The van der Waals surface area contributed by atoms with Crippen LogP contribution in [0.4, 0.5) is 24.8 Å². The number of rotatable bonds is 7. The summed E-state index contributed by atoms with van der Waals surface area (Å²) in [6.45, 7) is 8.02. The molecule has 0 amide bonds. The van der Waals surface area contributed by atoms with Crippen LogP contribution in [-0.4, -0.2) is 33.7 Å². The summed E-state index contributed by atoms with van der Waals surface area (Å²) in [5.41, 5.74) is 2.21. The van der Waals surface area contributed by atoms with Gasteiger partial charge in [0.15, 0.2) is 0 Å². The largest absolute Gasteiger partial charge is 0.573 e. The molecule has 0 saturated heterocycles. The molecule has 2 aromatic carbocycles. The van der Waals surface area contributed by atoms with E-state index in [1.165, 1.54) is 30.7 Å². The van der Waals surface area contributed by atoms with Crippen molar-refractivity contribution in [1.82, 2.24) is 9.55 Å². The highest BCUT2D eigenvalue weighted by Crippen LogP contribution is 2.41. The molecule has 0 aliphatic heterocycles. The van der Waals surface area contributed by atoms with Gasteiger partial charge in [-0.1, -0.05) is 13.8 Å². The zero-order valence-corrected chi connectivity index (χ0v) is 21.3. The predicted molar refractivity (Wildman–Crippen MR) is 134 cm³/mol. The number of hydrogen-bond acceptors (Lipinski definition) is 5. The maximum absolute atomic E-state index is 12.5. The SMILES string of the molecule is COc1cc2c(cc1CC(C)(C)O)nc(Nc1ccc(OC(F)(F)F)cc1)n2C1CC(C)CC(C)C1. The van der Waals surface area contributed by atoms with E-state index in [2.05, 4.69) is 28.5 Å². The zero-order chi connectivity index (χ0) is 26.3. The van der Waals surface area contributed by atoms with Crippen LogP contribution in [-0.2, 0) is 6.42 Å². The van der Waals surface area contributed by atoms with Gasteiger partial charge in [-0.2, -0.15) is 0 Å². The number of fused-ring (bicyclic) bond motifs is 1. The maximum Gasteiger partial charge on any atom is 0.573 e. The first kappa shape index (κ1) is 26.1. The summed E-state index contributed by atoms with van der Waals surface area (Å²) in [5.74, 6) is 2.13. The van der Waals surface area contributed by atoms with Crippen molar-refractivity contribution < 1.29 is 27.8 Å². The fourth-order valence-electron chi connectivity index (χ4n) is 5.40. The van der Waals surface area contributed by atoms with Crippen molar-refractivity contribution in [3.05, 3.63) is 42.0 Å². The Morgan fingerprint density at radius 1 is 1.06 bits per heavy atom. The number of anilines is 2. The Morgan fingerprint density at radius 3 is 2.25 bits per heavy atom. The lowest BCUT2D eigenvalue weighted by molar-refractivity contribution is -0.274. The number of benzene rings is 2. The molecule has 4 rings (SSSR count). The molecule has 196 valence electrons. The summed E-state index contributed by atoms with van der Waals surface area (Å²) >= 11 is 0. The van der Waals surface area contributed by atoms with E-state index < -0.39 is 12.0 Å². The van der Waals surface area contributed by atoms with Gasteiger partial charge in [0.2, 0.25) is 5.95 Å². The van der Waals surface area contributed by atoms with Crippen LogP contribution in [0, 0.1) is 11.8 Å². The van der Waals surface area contributed by atoms with E-state index in [0.717, 1.165) is 29.4 Å². The number of aliphatic hydroxyl groups is 1. The van der Waals surface area contributed by atoms with E-state index in [0.29, 0.717) is 35.6 Å². The van der Waals surface area contributed by atoms with E-state index >= 15 is 0 Å². The summed E-state index contributed by atoms with van der Waals surface area (Å²) < 4.78 is 49.5. The average Bonchev–Trinajstić information content (AvgIpc) is 3.08. The van der Waals surface area contributed by atoms with Gasteiger partial charge in [-0.15, -0.1) is 13.2 Å². The van der Waals surface area contributed by atoms with Crippen LogP contribution in [0.15, 0.2) is 36.4 Å². The molecule has 1 aliphatic carbocycles. The molecule has 2 atom stereocenters. The topological polar surface area (TPSA) is 68.5 Å². The molecule has 1 aromatic heterocycles. The molecule has 9 heteroatoms. The molecule has 2 N–H and O–H groups in total. The molecule has 36 heavy (non-hydrogen) atoms. The first-order valence-electron chi connectivity index (χ1n) is 12.3. The minimum absolute atomic E-state index is 0.203. The van der Waals surface area contributed by atoms with Crippen molar-refractivity contribution in [2.45, 2.75) is 71.4 Å². The maximum atomic E-state index is 12.5. The van der Waals surface area contributed by atoms with Crippen LogP contribution < -0.4 is 14.8 Å². The Bertz CT molecular complexity index is 1190. The van der Waals surface area contributed by atoms with E-state index in [4.69, 9.17) is 9.72 Å². The second-order valence-corrected chi connectivity index (χ2v) is 10.7. The van der Waals surface area contributed by atoms with Crippen LogP contribution in [0.1, 0.15) is 58.6 Å².